The van der Waals surface area contributed by atoms with Crippen molar-refractivity contribution in [1.29, 1.82) is 0 Å². The Bertz CT molecular complexity index is 886. The SMILES string of the molecule is CCn1cccc1/C=C1/C(=O)N(CCOC)C(=O)N(c2ccccc2)C1=O. The Labute approximate surface area is 157 Å². The number of imide groups is 2. The molecule has 2 aromatic rings. The Morgan fingerprint density at radius 1 is 1.00 bits per heavy atom. The van der Waals surface area contributed by atoms with Crippen molar-refractivity contribution in [2.45, 2.75) is 13.5 Å². The lowest BCUT2D eigenvalue weighted by Crippen LogP contribution is -2.57. The molecule has 0 unspecified atom stereocenters. The molecule has 7 nitrogen and oxygen atoms in total. The van der Waals surface area contributed by atoms with Gasteiger partial charge in [-0.1, -0.05) is 18.2 Å². The number of barbiturate groups is 1. The van der Waals surface area contributed by atoms with Crippen LogP contribution in [0.3, 0.4) is 0 Å². The first-order valence-electron chi connectivity index (χ1n) is 8.69. The number of rotatable bonds is 6. The van der Waals surface area contributed by atoms with Gasteiger partial charge >= 0.3 is 6.03 Å². The van der Waals surface area contributed by atoms with E-state index in [1.54, 1.807) is 30.3 Å². The average Bonchev–Trinajstić information content (AvgIpc) is 3.13. The molecule has 140 valence electrons. The third-order valence-corrected chi connectivity index (χ3v) is 4.36. The minimum absolute atomic E-state index is 0.0528. The van der Waals surface area contributed by atoms with Crippen molar-refractivity contribution in [3.05, 3.63) is 59.9 Å². The number of hydrogen-bond acceptors (Lipinski definition) is 4. The maximum atomic E-state index is 13.0. The molecule has 1 aliphatic heterocycles. The summed E-state index contributed by atoms with van der Waals surface area (Å²) in [5, 5.41) is 0. The molecule has 27 heavy (non-hydrogen) atoms. The molecule has 0 saturated carbocycles. The number of hydrogen-bond donors (Lipinski definition) is 0. The number of aryl methyl sites for hydroxylation is 1. The molecule has 0 radical (unpaired) electrons. The van der Waals surface area contributed by atoms with Crippen LogP contribution in [0.15, 0.2) is 54.2 Å². The fourth-order valence-corrected chi connectivity index (χ4v) is 2.95. The van der Waals surface area contributed by atoms with Gasteiger partial charge < -0.3 is 9.30 Å². The highest BCUT2D eigenvalue weighted by Crippen LogP contribution is 2.25. The van der Waals surface area contributed by atoms with Crippen molar-refractivity contribution in [1.82, 2.24) is 9.47 Å². The Morgan fingerprint density at radius 3 is 2.41 bits per heavy atom. The van der Waals surface area contributed by atoms with Gasteiger partial charge in [-0.05, 0) is 37.3 Å². The zero-order valence-electron chi connectivity index (χ0n) is 15.3. The van der Waals surface area contributed by atoms with Gasteiger partial charge in [-0.3, -0.25) is 14.5 Å². The van der Waals surface area contributed by atoms with Gasteiger partial charge in [0.2, 0.25) is 0 Å². The molecule has 3 rings (SSSR count). The zero-order valence-corrected chi connectivity index (χ0v) is 15.3. The van der Waals surface area contributed by atoms with E-state index in [1.165, 1.54) is 13.2 Å². The second-order valence-electron chi connectivity index (χ2n) is 5.99. The van der Waals surface area contributed by atoms with Gasteiger partial charge in [-0.15, -0.1) is 0 Å². The summed E-state index contributed by atoms with van der Waals surface area (Å²) < 4.78 is 6.93. The van der Waals surface area contributed by atoms with Gasteiger partial charge in [0.25, 0.3) is 11.8 Å². The van der Waals surface area contributed by atoms with Crippen molar-refractivity contribution in [3.63, 3.8) is 0 Å². The lowest BCUT2D eigenvalue weighted by Gasteiger charge is -2.33. The molecular formula is C20H21N3O4. The van der Waals surface area contributed by atoms with Crippen LogP contribution in [0, 0.1) is 0 Å². The van der Waals surface area contributed by atoms with Crippen LogP contribution in [0.2, 0.25) is 0 Å². The van der Waals surface area contributed by atoms with Gasteiger partial charge in [-0.25, -0.2) is 9.69 Å². The molecule has 1 aromatic heterocycles. The summed E-state index contributed by atoms with van der Waals surface area (Å²) in [5.74, 6) is -1.24. The number of benzene rings is 1. The normalized spacial score (nSPS) is 16.5. The molecule has 4 amide bonds. The highest BCUT2D eigenvalue weighted by Gasteiger charge is 2.42. The quantitative estimate of drug-likeness (QED) is 0.581. The van der Waals surface area contributed by atoms with E-state index in [0.29, 0.717) is 12.2 Å². The van der Waals surface area contributed by atoms with Crippen molar-refractivity contribution in [3.8, 4) is 0 Å². The number of carbonyl (C=O) groups excluding carboxylic acids is 3. The van der Waals surface area contributed by atoms with Crippen LogP contribution in [0.4, 0.5) is 10.5 Å². The average molecular weight is 367 g/mol. The largest absolute Gasteiger partial charge is 0.383 e. The first kappa shape index (κ1) is 18.6. The molecule has 1 saturated heterocycles. The lowest BCUT2D eigenvalue weighted by molar-refractivity contribution is -0.129. The second kappa shape index (κ2) is 8.01. The molecule has 2 heterocycles. The molecule has 0 atom stereocenters. The standard InChI is InChI=1S/C20H21N3O4/c1-3-21-11-7-10-16(21)14-17-18(24)22(12-13-27-2)20(26)23(19(17)25)15-8-5-4-6-9-15/h4-11,14H,3,12-13H2,1-2H3/b17-14-. The molecule has 0 bridgehead atoms. The third-order valence-electron chi connectivity index (χ3n) is 4.36. The van der Waals surface area contributed by atoms with E-state index in [-0.39, 0.29) is 18.7 Å². The Morgan fingerprint density at radius 2 is 1.74 bits per heavy atom. The highest BCUT2D eigenvalue weighted by molar-refractivity contribution is 6.39. The van der Waals surface area contributed by atoms with Crippen molar-refractivity contribution in [2.24, 2.45) is 0 Å². The predicted octanol–water partition coefficient (Wildman–Crippen LogP) is 2.53. The lowest BCUT2D eigenvalue weighted by atomic mass is 10.1. The smallest absolute Gasteiger partial charge is 0.338 e. The Hall–Kier alpha value is -3.19. The summed E-state index contributed by atoms with van der Waals surface area (Å²) in [6, 6.07) is 11.6. The minimum Gasteiger partial charge on any atom is -0.383 e. The highest BCUT2D eigenvalue weighted by atomic mass is 16.5. The molecule has 7 heteroatoms. The van der Waals surface area contributed by atoms with E-state index in [9.17, 15) is 14.4 Å². The van der Waals surface area contributed by atoms with Crippen LogP contribution >= 0.6 is 0 Å². The number of para-hydroxylation sites is 1. The van der Waals surface area contributed by atoms with E-state index in [4.69, 9.17) is 4.74 Å². The van der Waals surface area contributed by atoms with Crippen LogP contribution in [-0.4, -0.2) is 47.6 Å². The van der Waals surface area contributed by atoms with E-state index < -0.39 is 17.8 Å². The number of anilines is 1. The first-order valence-corrected chi connectivity index (χ1v) is 8.69. The molecule has 0 N–H and O–H groups in total. The number of nitrogens with zero attached hydrogens (tertiary/aromatic N) is 3. The van der Waals surface area contributed by atoms with Crippen LogP contribution in [0.5, 0.6) is 0 Å². The first-order chi connectivity index (χ1) is 13.1. The number of carbonyl (C=O) groups is 3. The predicted molar refractivity (Wildman–Crippen MR) is 101 cm³/mol. The van der Waals surface area contributed by atoms with E-state index in [1.807, 2.05) is 29.8 Å². The second-order valence-corrected chi connectivity index (χ2v) is 5.99. The van der Waals surface area contributed by atoms with Crippen LogP contribution < -0.4 is 4.90 Å². The Balaban J connectivity index is 2.07. The number of aromatic nitrogens is 1. The summed E-state index contributed by atoms with van der Waals surface area (Å²) in [6.07, 6.45) is 3.41. The summed E-state index contributed by atoms with van der Waals surface area (Å²) in [5.41, 5.74) is 1.09. The molecule has 1 aliphatic rings. The van der Waals surface area contributed by atoms with E-state index in [2.05, 4.69) is 0 Å². The summed E-state index contributed by atoms with van der Waals surface area (Å²) >= 11 is 0. The number of urea groups is 1. The summed E-state index contributed by atoms with van der Waals surface area (Å²) in [4.78, 5) is 40.8. The molecule has 0 spiro atoms. The zero-order chi connectivity index (χ0) is 19.4. The monoisotopic (exact) mass is 367 g/mol. The molecular weight excluding hydrogens is 346 g/mol. The number of amides is 4. The fourth-order valence-electron chi connectivity index (χ4n) is 2.95. The topological polar surface area (TPSA) is 71.8 Å². The van der Waals surface area contributed by atoms with Crippen molar-refractivity contribution < 1.29 is 19.1 Å². The molecule has 1 aromatic carbocycles. The van der Waals surface area contributed by atoms with Crippen LogP contribution in [0.1, 0.15) is 12.6 Å². The fraction of sp³-hybridized carbons (Fsp3) is 0.250. The van der Waals surface area contributed by atoms with Gasteiger partial charge in [0.05, 0.1) is 18.8 Å². The van der Waals surface area contributed by atoms with Crippen molar-refractivity contribution in [2.75, 3.05) is 25.2 Å². The summed E-state index contributed by atoms with van der Waals surface area (Å²) in [7, 11) is 1.49. The maximum absolute atomic E-state index is 13.0. The maximum Gasteiger partial charge on any atom is 0.338 e. The summed E-state index contributed by atoms with van der Waals surface area (Å²) in [6.45, 7) is 2.92. The number of ether oxygens (including phenoxy) is 1. The van der Waals surface area contributed by atoms with Crippen molar-refractivity contribution >= 4 is 29.6 Å². The number of methoxy groups -OCH3 is 1. The van der Waals surface area contributed by atoms with Gasteiger partial charge in [0, 0.05) is 25.5 Å². The van der Waals surface area contributed by atoms with Gasteiger partial charge in [-0.2, -0.15) is 0 Å². The molecule has 1 fully saturated rings. The van der Waals surface area contributed by atoms with E-state index >= 15 is 0 Å². The van der Waals surface area contributed by atoms with Gasteiger partial charge in [0.15, 0.2) is 0 Å². The van der Waals surface area contributed by atoms with Crippen LogP contribution in [0.25, 0.3) is 6.08 Å². The molecule has 0 aliphatic carbocycles. The van der Waals surface area contributed by atoms with E-state index in [0.717, 1.165) is 15.5 Å². The Kier molecular flexibility index (Phi) is 5.52. The third kappa shape index (κ3) is 3.54. The minimum atomic E-state index is -0.670. The van der Waals surface area contributed by atoms with Crippen LogP contribution in [-0.2, 0) is 20.9 Å². The van der Waals surface area contributed by atoms with Gasteiger partial charge in [0.1, 0.15) is 5.57 Å².